The predicted molar refractivity (Wildman–Crippen MR) is 150 cm³/mol. The van der Waals surface area contributed by atoms with Crippen molar-refractivity contribution in [1.82, 2.24) is 5.32 Å². The van der Waals surface area contributed by atoms with Crippen LogP contribution in [-0.2, 0) is 22.6 Å². The molecule has 0 radical (unpaired) electrons. The number of hydrogen-bond donors (Lipinski definition) is 1. The lowest BCUT2D eigenvalue weighted by Crippen LogP contribution is -2.30. The number of carbonyl (C=O) groups excluding carboxylic acids is 2. The van der Waals surface area contributed by atoms with Crippen molar-refractivity contribution in [2.24, 2.45) is 5.92 Å². The van der Waals surface area contributed by atoms with Gasteiger partial charge in [0.25, 0.3) is 5.91 Å². The van der Waals surface area contributed by atoms with Crippen molar-refractivity contribution in [3.05, 3.63) is 94.0 Å². The van der Waals surface area contributed by atoms with E-state index in [1.807, 2.05) is 42.5 Å². The molecular weight excluding hydrogens is 478 g/mol. The second-order valence-electron chi connectivity index (χ2n) is 10.1. The molecule has 202 valence electrons. The molecule has 1 atom stereocenters. The SMILES string of the molecule is COC(=O)CCc1ccc(COc2cccc(OC)c2)cc1C(=O)NC(CC(C)C)c1cc(C)cc(C)c1. The molecule has 3 aromatic carbocycles. The molecule has 0 bridgehead atoms. The molecule has 0 aliphatic heterocycles. The Morgan fingerprint density at radius 1 is 0.895 bits per heavy atom. The maximum atomic E-state index is 13.7. The fourth-order valence-electron chi connectivity index (χ4n) is 4.54. The normalized spacial score (nSPS) is 11.7. The highest BCUT2D eigenvalue weighted by atomic mass is 16.5. The zero-order valence-electron chi connectivity index (χ0n) is 23.3. The summed E-state index contributed by atoms with van der Waals surface area (Å²) in [5.41, 5.74) is 5.61. The molecule has 0 aromatic heterocycles. The van der Waals surface area contributed by atoms with Gasteiger partial charge in [0.05, 0.1) is 20.3 Å². The van der Waals surface area contributed by atoms with Crippen molar-refractivity contribution < 1.29 is 23.8 Å². The van der Waals surface area contributed by atoms with Gasteiger partial charge in [0.2, 0.25) is 0 Å². The van der Waals surface area contributed by atoms with E-state index in [1.54, 1.807) is 7.11 Å². The molecule has 3 rings (SSSR count). The molecule has 0 saturated heterocycles. The van der Waals surface area contributed by atoms with Crippen LogP contribution in [0, 0.1) is 19.8 Å². The van der Waals surface area contributed by atoms with E-state index in [2.05, 4.69) is 51.2 Å². The van der Waals surface area contributed by atoms with Gasteiger partial charge in [0.1, 0.15) is 18.1 Å². The van der Waals surface area contributed by atoms with Gasteiger partial charge in [-0.3, -0.25) is 9.59 Å². The standard InChI is InChI=1S/C32H39NO5/c1-21(2)14-30(26-16-22(3)15-23(4)17-26)33-32(35)29-18-24(10-11-25(29)12-13-31(34)37-6)20-38-28-9-7-8-27(19-28)36-5/h7-11,15-19,21,30H,12-14,20H2,1-6H3,(H,33,35). The summed E-state index contributed by atoms with van der Waals surface area (Å²) in [5.74, 6) is 1.30. The first-order valence-electron chi connectivity index (χ1n) is 13.0. The first-order valence-corrected chi connectivity index (χ1v) is 13.0. The van der Waals surface area contributed by atoms with Crippen LogP contribution in [0.5, 0.6) is 11.5 Å². The summed E-state index contributed by atoms with van der Waals surface area (Å²) in [6.07, 6.45) is 1.42. The molecule has 0 heterocycles. The van der Waals surface area contributed by atoms with E-state index >= 15 is 0 Å². The quantitative estimate of drug-likeness (QED) is 0.277. The Kier molecular flexibility index (Phi) is 10.3. The Bertz CT molecular complexity index is 1230. The Labute approximate surface area is 226 Å². The maximum absolute atomic E-state index is 13.7. The molecule has 0 saturated carbocycles. The van der Waals surface area contributed by atoms with E-state index in [-0.39, 0.29) is 30.9 Å². The summed E-state index contributed by atoms with van der Waals surface area (Å²) in [5, 5.41) is 3.28. The van der Waals surface area contributed by atoms with E-state index in [9.17, 15) is 9.59 Å². The van der Waals surface area contributed by atoms with Crippen molar-refractivity contribution in [3.8, 4) is 11.5 Å². The smallest absolute Gasteiger partial charge is 0.305 e. The molecule has 6 heteroatoms. The van der Waals surface area contributed by atoms with Gasteiger partial charge in [-0.25, -0.2) is 0 Å². The van der Waals surface area contributed by atoms with Gasteiger partial charge in [-0.1, -0.05) is 61.4 Å². The van der Waals surface area contributed by atoms with E-state index in [0.29, 0.717) is 29.4 Å². The third-order valence-electron chi connectivity index (χ3n) is 6.35. The van der Waals surface area contributed by atoms with Crippen molar-refractivity contribution >= 4 is 11.9 Å². The molecule has 0 spiro atoms. The molecule has 1 N–H and O–H groups in total. The number of amides is 1. The zero-order valence-corrected chi connectivity index (χ0v) is 23.3. The summed E-state index contributed by atoms with van der Waals surface area (Å²) >= 11 is 0. The van der Waals surface area contributed by atoms with E-state index in [0.717, 1.165) is 23.1 Å². The lowest BCUT2D eigenvalue weighted by Gasteiger charge is -2.23. The third-order valence-corrected chi connectivity index (χ3v) is 6.35. The average molecular weight is 518 g/mol. The minimum Gasteiger partial charge on any atom is -0.497 e. The Morgan fingerprint density at radius 2 is 1.61 bits per heavy atom. The molecule has 0 aliphatic rings. The number of ether oxygens (including phenoxy) is 3. The summed E-state index contributed by atoms with van der Waals surface area (Å²) in [6, 6.07) is 19.4. The Balaban J connectivity index is 1.88. The summed E-state index contributed by atoms with van der Waals surface area (Å²) in [4.78, 5) is 25.6. The number of methoxy groups -OCH3 is 2. The number of rotatable bonds is 12. The number of nitrogens with one attached hydrogen (secondary N) is 1. The first-order chi connectivity index (χ1) is 18.2. The fourth-order valence-corrected chi connectivity index (χ4v) is 4.54. The highest BCUT2D eigenvalue weighted by Crippen LogP contribution is 2.26. The maximum Gasteiger partial charge on any atom is 0.305 e. The lowest BCUT2D eigenvalue weighted by atomic mass is 9.93. The third kappa shape index (κ3) is 8.37. The van der Waals surface area contributed by atoms with Crippen LogP contribution in [0.25, 0.3) is 0 Å². The van der Waals surface area contributed by atoms with E-state index < -0.39 is 0 Å². The van der Waals surface area contributed by atoms with Crippen molar-refractivity contribution in [3.63, 3.8) is 0 Å². The van der Waals surface area contributed by atoms with Gasteiger partial charge in [0.15, 0.2) is 0 Å². The topological polar surface area (TPSA) is 73.9 Å². The van der Waals surface area contributed by atoms with Gasteiger partial charge >= 0.3 is 5.97 Å². The molecule has 1 unspecified atom stereocenters. The monoisotopic (exact) mass is 517 g/mol. The molecule has 3 aromatic rings. The molecule has 0 aliphatic carbocycles. The predicted octanol–water partition coefficient (Wildman–Crippen LogP) is 6.51. The minimum absolute atomic E-state index is 0.133. The van der Waals surface area contributed by atoms with Crippen LogP contribution in [0.2, 0.25) is 0 Å². The van der Waals surface area contributed by atoms with Gasteiger partial charge in [-0.2, -0.15) is 0 Å². The van der Waals surface area contributed by atoms with Crippen molar-refractivity contribution in [2.75, 3.05) is 14.2 Å². The average Bonchev–Trinajstić information content (AvgIpc) is 2.89. The van der Waals surface area contributed by atoms with Crippen LogP contribution in [-0.4, -0.2) is 26.1 Å². The summed E-state index contributed by atoms with van der Waals surface area (Å²) in [6.45, 7) is 8.74. The molecule has 6 nitrogen and oxygen atoms in total. The van der Waals surface area contributed by atoms with Crippen LogP contribution in [0.3, 0.4) is 0 Å². The molecule has 1 amide bonds. The van der Waals surface area contributed by atoms with Gasteiger partial charge in [-0.05, 0) is 67.5 Å². The second kappa shape index (κ2) is 13.7. The molecule has 38 heavy (non-hydrogen) atoms. The number of hydrogen-bond acceptors (Lipinski definition) is 5. The molecule has 0 fully saturated rings. The van der Waals surface area contributed by atoms with Crippen LogP contribution < -0.4 is 14.8 Å². The fraction of sp³-hybridized carbons (Fsp3) is 0.375. The minimum atomic E-state index is -0.310. The number of esters is 1. The number of aryl methyl sites for hydroxylation is 3. The summed E-state index contributed by atoms with van der Waals surface area (Å²) in [7, 11) is 2.98. The van der Waals surface area contributed by atoms with Gasteiger partial charge in [-0.15, -0.1) is 0 Å². The van der Waals surface area contributed by atoms with Crippen molar-refractivity contribution in [1.29, 1.82) is 0 Å². The lowest BCUT2D eigenvalue weighted by molar-refractivity contribution is -0.140. The van der Waals surface area contributed by atoms with Crippen LogP contribution in [0.4, 0.5) is 0 Å². The van der Waals surface area contributed by atoms with Gasteiger partial charge < -0.3 is 19.5 Å². The van der Waals surface area contributed by atoms with Gasteiger partial charge in [0, 0.05) is 18.1 Å². The second-order valence-corrected chi connectivity index (χ2v) is 10.1. The summed E-state index contributed by atoms with van der Waals surface area (Å²) < 4.78 is 16.1. The molecular formula is C32H39NO5. The zero-order chi connectivity index (χ0) is 27.7. The Hall–Kier alpha value is -3.80. The number of benzene rings is 3. The highest BCUT2D eigenvalue weighted by Gasteiger charge is 2.21. The Morgan fingerprint density at radius 3 is 2.26 bits per heavy atom. The van der Waals surface area contributed by atoms with Crippen LogP contribution in [0.1, 0.15) is 70.9 Å². The van der Waals surface area contributed by atoms with Crippen molar-refractivity contribution in [2.45, 2.75) is 59.6 Å². The first kappa shape index (κ1) is 28.8. The largest absolute Gasteiger partial charge is 0.497 e. The van der Waals surface area contributed by atoms with Crippen LogP contribution >= 0.6 is 0 Å². The van der Waals surface area contributed by atoms with E-state index in [4.69, 9.17) is 14.2 Å². The van der Waals surface area contributed by atoms with E-state index in [1.165, 1.54) is 18.2 Å². The number of carbonyl (C=O) groups is 2. The van der Waals surface area contributed by atoms with Crippen LogP contribution in [0.15, 0.2) is 60.7 Å². The highest BCUT2D eigenvalue weighted by molar-refractivity contribution is 5.96.